The molecule has 2 amide bonds. The Labute approximate surface area is 112 Å². The maximum atomic E-state index is 11.9. The summed E-state index contributed by atoms with van der Waals surface area (Å²) in [4.78, 5) is 34.8. The van der Waals surface area contributed by atoms with Gasteiger partial charge in [-0.15, -0.1) is 0 Å². The van der Waals surface area contributed by atoms with Crippen molar-refractivity contribution in [2.45, 2.75) is 32.2 Å². The van der Waals surface area contributed by atoms with Crippen molar-refractivity contribution in [3.05, 3.63) is 0 Å². The topological polar surface area (TPSA) is 113 Å². The second-order valence-corrected chi connectivity index (χ2v) is 4.91. The number of aliphatic carboxylic acids is 1. The number of carbonyl (C=O) groups is 3. The Hall–Kier alpha value is -1.63. The van der Waals surface area contributed by atoms with Gasteiger partial charge in [0.25, 0.3) is 0 Å². The van der Waals surface area contributed by atoms with Gasteiger partial charge in [0, 0.05) is 26.6 Å². The fraction of sp³-hybridized carbons (Fsp3) is 0.750. The van der Waals surface area contributed by atoms with E-state index in [1.807, 2.05) is 0 Å². The maximum absolute atomic E-state index is 11.9. The average Bonchev–Trinajstić information content (AvgIpc) is 2.35. The molecule has 1 unspecified atom stereocenters. The lowest BCUT2D eigenvalue weighted by Gasteiger charge is -2.33. The van der Waals surface area contributed by atoms with Crippen molar-refractivity contribution in [2.75, 3.05) is 19.6 Å². The highest BCUT2D eigenvalue weighted by atomic mass is 16.4. The number of carbonyl (C=O) groups excluding carboxylic acids is 2. The van der Waals surface area contributed by atoms with Gasteiger partial charge in [-0.05, 0) is 18.8 Å². The fourth-order valence-electron chi connectivity index (χ4n) is 2.16. The number of hydrogen-bond acceptors (Lipinski definition) is 4. The number of amides is 2. The van der Waals surface area contributed by atoms with Crippen LogP contribution in [-0.2, 0) is 14.4 Å². The van der Waals surface area contributed by atoms with Crippen molar-refractivity contribution < 1.29 is 19.5 Å². The lowest BCUT2D eigenvalue weighted by molar-refractivity contribution is -0.142. The number of nitrogens with one attached hydrogen (secondary N) is 1. The Morgan fingerprint density at radius 2 is 1.95 bits per heavy atom. The van der Waals surface area contributed by atoms with E-state index in [9.17, 15) is 14.4 Å². The molecule has 1 rings (SSSR count). The second kappa shape index (κ2) is 7.08. The van der Waals surface area contributed by atoms with Crippen molar-refractivity contribution in [2.24, 2.45) is 11.7 Å². The van der Waals surface area contributed by atoms with Crippen LogP contribution in [0.3, 0.4) is 0 Å². The minimum atomic E-state index is -1.07. The fourth-order valence-corrected chi connectivity index (χ4v) is 2.16. The van der Waals surface area contributed by atoms with Crippen molar-refractivity contribution in [3.63, 3.8) is 0 Å². The molecule has 0 aromatic rings. The van der Waals surface area contributed by atoms with Gasteiger partial charge < -0.3 is 21.1 Å². The van der Waals surface area contributed by atoms with Gasteiger partial charge in [0.2, 0.25) is 11.8 Å². The zero-order chi connectivity index (χ0) is 14.4. The van der Waals surface area contributed by atoms with Crippen LogP contribution in [0.5, 0.6) is 0 Å². The molecule has 1 atom stereocenters. The molecule has 0 spiro atoms. The largest absolute Gasteiger partial charge is 0.481 e. The summed E-state index contributed by atoms with van der Waals surface area (Å²) >= 11 is 0. The van der Waals surface area contributed by atoms with Crippen molar-refractivity contribution in [1.82, 2.24) is 10.2 Å². The summed E-state index contributed by atoms with van der Waals surface area (Å²) in [6.07, 6.45) is 1.25. The normalized spacial score (nSPS) is 17.9. The summed E-state index contributed by atoms with van der Waals surface area (Å²) < 4.78 is 0. The number of rotatable bonds is 5. The third-order valence-electron chi connectivity index (χ3n) is 3.28. The molecule has 7 nitrogen and oxygen atoms in total. The number of carboxylic acids is 1. The highest BCUT2D eigenvalue weighted by molar-refractivity contribution is 5.86. The molecule has 1 aliphatic rings. The Balaban J connectivity index is 2.34. The van der Waals surface area contributed by atoms with E-state index in [4.69, 9.17) is 10.8 Å². The van der Waals surface area contributed by atoms with E-state index < -0.39 is 12.0 Å². The minimum Gasteiger partial charge on any atom is -0.481 e. The number of nitrogens with zero attached hydrogens (tertiary/aromatic N) is 1. The van der Waals surface area contributed by atoms with Crippen LogP contribution >= 0.6 is 0 Å². The van der Waals surface area contributed by atoms with E-state index in [2.05, 4.69) is 5.32 Å². The van der Waals surface area contributed by atoms with Gasteiger partial charge >= 0.3 is 5.97 Å². The molecule has 19 heavy (non-hydrogen) atoms. The molecule has 4 N–H and O–H groups in total. The van der Waals surface area contributed by atoms with Crippen LogP contribution in [0.2, 0.25) is 0 Å². The lowest BCUT2D eigenvalue weighted by atomic mass is 9.96. The summed E-state index contributed by atoms with van der Waals surface area (Å²) in [6.45, 7) is 3.23. The van der Waals surface area contributed by atoms with Crippen molar-refractivity contribution in [1.29, 1.82) is 0 Å². The molecule has 1 heterocycles. The third-order valence-corrected chi connectivity index (χ3v) is 3.28. The van der Waals surface area contributed by atoms with E-state index in [1.54, 1.807) is 4.90 Å². The summed E-state index contributed by atoms with van der Waals surface area (Å²) in [5.41, 5.74) is 5.55. The van der Waals surface area contributed by atoms with E-state index in [1.165, 1.54) is 6.92 Å². The summed E-state index contributed by atoms with van der Waals surface area (Å²) in [5, 5.41) is 11.4. The maximum Gasteiger partial charge on any atom is 0.305 e. The van der Waals surface area contributed by atoms with Gasteiger partial charge in [-0.1, -0.05) is 0 Å². The first-order valence-electron chi connectivity index (χ1n) is 6.40. The zero-order valence-electron chi connectivity index (χ0n) is 11.1. The monoisotopic (exact) mass is 271 g/mol. The highest BCUT2D eigenvalue weighted by Crippen LogP contribution is 2.17. The Morgan fingerprint density at radius 1 is 1.37 bits per heavy atom. The number of nitrogens with two attached hydrogens (primary N) is 1. The van der Waals surface area contributed by atoms with Crippen LogP contribution in [0, 0.1) is 5.92 Å². The van der Waals surface area contributed by atoms with Crippen LogP contribution in [0.15, 0.2) is 0 Å². The standard InChI is InChI=1S/C12H21N3O4/c1-8(16)14-7-9-2-4-15(5-3-9)12(19)10(13)6-11(17)18/h9-10H,2-7,13H2,1H3,(H,14,16)(H,17,18). The lowest BCUT2D eigenvalue weighted by Crippen LogP contribution is -2.48. The predicted octanol–water partition coefficient (Wildman–Crippen LogP) is -0.837. The van der Waals surface area contributed by atoms with Crippen LogP contribution in [0.4, 0.5) is 0 Å². The Morgan fingerprint density at radius 3 is 2.42 bits per heavy atom. The average molecular weight is 271 g/mol. The van der Waals surface area contributed by atoms with Gasteiger partial charge in [0.05, 0.1) is 12.5 Å². The SMILES string of the molecule is CC(=O)NCC1CCN(C(=O)C(N)CC(=O)O)CC1. The smallest absolute Gasteiger partial charge is 0.305 e. The summed E-state index contributed by atoms with van der Waals surface area (Å²) in [7, 11) is 0. The van der Waals surface area contributed by atoms with Gasteiger partial charge in [0.15, 0.2) is 0 Å². The molecule has 0 aliphatic carbocycles. The quantitative estimate of drug-likeness (QED) is 0.603. The number of piperidine rings is 1. The molecular weight excluding hydrogens is 250 g/mol. The first kappa shape index (κ1) is 15.4. The van der Waals surface area contributed by atoms with Crippen molar-refractivity contribution >= 4 is 17.8 Å². The van der Waals surface area contributed by atoms with Crippen LogP contribution in [-0.4, -0.2) is 53.5 Å². The summed E-state index contributed by atoms with van der Waals surface area (Å²) in [5.74, 6) is -1.06. The molecular formula is C12H21N3O4. The first-order valence-corrected chi connectivity index (χ1v) is 6.40. The molecule has 0 aromatic heterocycles. The minimum absolute atomic E-state index is 0.0537. The highest BCUT2D eigenvalue weighted by Gasteiger charge is 2.27. The number of carboxylic acid groups (broad SMARTS) is 1. The van der Waals surface area contributed by atoms with E-state index in [0.717, 1.165) is 12.8 Å². The van der Waals surface area contributed by atoms with Gasteiger partial charge in [-0.2, -0.15) is 0 Å². The zero-order valence-corrected chi connectivity index (χ0v) is 11.1. The molecule has 108 valence electrons. The van der Waals surface area contributed by atoms with Crippen LogP contribution < -0.4 is 11.1 Å². The molecule has 1 aliphatic heterocycles. The van der Waals surface area contributed by atoms with Crippen molar-refractivity contribution in [3.8, 4) is 0 Å². The number of hydrogen-bond donors (Lipinski definition) is 3. The molecule has 7 heteroatoms. The molecule has 0 bridgehead atoms. The molecule has 0 aromatic carbocycles. The summed E-state index contributed by atoms with van der Waals surface area (Å²) in [6, 6.07) is -0.968. The molecule has 1 fully saturated rings. The van der Waals surface area contributed by atoms with Crippen LogP contribution in [0.1, 0.15) is 26.2 Å². The van der Waals surface area contributed by atoms with Gasteiger partial charge in [0.1, 0.15) is 0 Å². The van der Waals surface area contributed by atoms with Crippen LogP contribution in [0.25, 0.3) is 0 Å². The Bertz CT molecular complexity index is 351. The predicted molar refractivity (Wildman–Crippen MR) is 68.2 cm³/mol. The molecule has 0 radical (unpaired) electrons. The van der Waals surface area contributed by atoms with E-state index >= 15 is 0 Å². The van der Waals surface area contributed by atoms with Gasteiger partial charge in [-0.25, -0.2) is 0 Å². The van der Waals surface area contributed by atoms with E-state index in [0.29, 0.717) is 25.6 Å². The number of likely N-dealkylation sites (tertiary alicyclic amines) is 1. The molecule has 0 saturated carbocycles. The Kier molecular flexibility index (Phi) is 5.75. The second-order valence-electron chi connectivity index (χ2n) is 4.91. The van der Waals surface area contributed by atoms with Gasteiger partial charge in [-0.3, -0.25) is 14.4 Å². The first-order chi connectivity index (χ1) is 8.90. The van der Waals surface area contributed by atoms with E-state index in [-0.39, 0.29) is 18.2 Å². The third kappa shape index (κ3) is 5.25. The molecule has 1 saturated heterocycles.